The fourth-order valence-corrected chi connectivity index (χ4v) is 6.06. The van der Waals surface area contributed by atoms with Crippen LogP contribution in [-0.2, 0) is 14.8 Å². The smallest absolute Gasteiger partial charge is 0.243 e. The van der Waals surface area contributed by atoms with Crippen LogP contribution in [0, 0.1) is 13.8 Å². The number of morpholine rings is 1. The first kappa shape index (κ1) is 22.1. The maximum atomic E-state index is 13.0. The minimum Gasteiger partial charge on any atom is -0.379 e. The summed E-state index contributed by atoms with van der Waals surface area (Å²) in [7, 11) is -3.51. The normalized spacial score (nSPS) is 18.1. The number of benzene rings is 2. The number of rotatable bonds is 4. The average molecular weight is 467 g/mol. The molecule has 2 aliphatic rings. The highest BCUT2D eigenvalue weighted by molar-refractivity contribution is 7.89. The number of hydrogen-bond donors (Lipinski definition) is 0. The van der Waals surface area contributed by atoms with Crippen molar-refractivity contribution in [2.45, 2.75) is 18.7 Å². The monoisotopic (exact) mass is 466 g/mol. The highest BCUT2D eigenvalue weighted by Crippen LogP contribution is 2.27. The Hall–Kier alpha value is -2.68. The summed E-state index contributed by atoms with van der Waals surface area (Å²) >= 11 is 0. The molecule has 2 saturated heterocycles. The molecule has 7 nitrogen and oxygen atoms in total. The van der Waals surface area contributed by atoms with Gasteiger partial charge in [0.2, 0.25) is 10.0 Å². The number of fused-ring (bicyclic) bond motifs is 1. The molecule has 174 valence electrons. The van der Waals surface area contributed by atoms with E-state index >= 15 is 0 Å². The Morgan fingerprint density at radius 2 is 1.58 bits per heavy atom. The van der Waals surface area contributed by atoms with E-state index < -0.39 is 10.0 Å². The topological polar surface area (TPSA) is 66.0 Å². The standard InChI is InChI=1S/C25H30N4O3S/c1-19-4-3-5-24(20(19)2)27-10-12-28(13-11-27)25-9-6-21-18-22(7-8-23(21)26-25)33(30,31)29-14-16-32-17-15-29/h3-9,18H,10-17H2,1-2H3. The number of nitrogens with zero attached hydrogens (tertiary/aromatic N) is 4. The molecule has 0 spiro atoms. The lowest BCUT2D eigenvalue weighted by atomic mass is 10.1. The summed E-state index contributed by atoms with van der Waals surface area (Å²) in [5.74, 6) is 0.937. The molecular formula is C25H30N4O3S. The van der Waals surface area contributed by atoms with Gasteiger partial charge in [0.25, 0.3) is 0 Å². The molecule has 0 bridgehead atoms. The molecule has 0 radical (unpaired) electrons. The quantitative estimate of drug-likeness (QED) is 0.588. The average Bonchev–Trinajstić information content (AvgIpc) is 2.86. The van der Waals surface area contributed by atoms with Crippen molar-refractivity contribution in [2.75, 3.05) is 62.3 Å². The summed E-state index contributed by atoms with van der Waals surface area (Å²) in [6.45, 7) is 9.70. The Kier molecular flexibility index (Phi) is 5.99. The van der Waals surface area contributed by atoms with Crippen molar-refractivity contribution in [1.29, 1.82) is 0 Å². The van der Waals surface area contributed by atoms with Gasteiger partial charge in [-0.15, -0.1) is 0 Å². The van der Waals surface area contributed by atoms with E-state index in [4.69, 9.17) is 9.72 Å². The van der Waals surface area contributed by atoms with Crippen molar-refractivity contribution >= 4 is 32.4 Å². The number of pyridine rings is 1. The molecule has 2 aliphatic heterocycles. The Morgan fingerprint density at radius 1 is 0.848 bits per heavy atom. The Labute approximate surface area is 195 Å². The third kappa shape index (κ3) is 4.30. The zero-order valence-corrected chi connectivity index (χ0v) is 20.0. The summed E-state index contributed by atoms with van der Waals surface area (Å²) in [4.78, 5) is 9.91. The van der Waals surface area contributed by atoms with Gasteiger partial charge in [0.15, 0.2) is 0 Å². The third-order valence-corrected chi connectivity index (χ3v) is 8.67. The molecule has 3 aromatic rings. The maximum absolute atomic E-state index is 13.0. The van der Waals surface area contributed by atoms with E-state index in [9.17, 15) is 8.42 Å². The van der Waals surface area contributed by atoms with Crippen molar-refractivity contribution in [3.8, 4) is 0 Å². The summed E-state index contributed by atoms with van der Waals surface area (Å²) in [6.07, 6.45) is 0. The lowest BCUT2D eigenvalue weighted by molar-refractivity contribution is 0.0730. The molecule has 0 saturated carbocycles. The van der Waals surface area contributed by atoms with Crippen LogP contribution in [0.2, 0.25) is 0 Å². The van der Waals surface area contributed by atoms with Crippen LogP contribution in [-0.4, -0.2) is 70.2 Å². The first-order valence-corrected chi connectivity index (χ1v) is 12.9. The molecule has 2 fully saturated rings. The fourth-order valence-electron chi connectivity index (χ4n) is 4.62. The van der Waals surface area contributed by atoms with Crippen molar-refractivity contribution < 1.29 is 13.2 Å². The molecular weight excluding hydrogens is 436 g/mol. The van der Waals surface area contributed by atoms with E-state index in [0.717, 1.165) is 42.9 Å². The van der Waals surface area contributed by atoms with Gasteiger partial charge in [0.05, 0.1) is 23.6 Å². The summed E-state index contributed by atoms with van der Waals surface area (Å²) in [6, 6.07) is 15.7. The fraction of sp³-hybridized carbons (Fsp3) is 0.400. The first-order valence-electron chi connectivity index (χ1n) is 11.5. The first-order chi connectivity index (χ1) is 15.9. The molecule has 5 rings (SSSR count). The number of piperazine rings is 1. The van der Waals surface area contributed by atoms with Gasteiger partial charge < -0.3 is 14.5 Å². The summed E-state index contributed by atoms with van der Waals surface area (Å²) in [5.41, 5.74) is 4.79. The number of aromatic nitrogens is 1. The molecule has 0 unspecified atom stereocenters. The van der Waals surface area contributed by atoms with E-state index in [-0.39, 0.29) is 0 Å². The Balaban J connectivity index is 1.32. The zero-order valence-electron chi connectivity index (χ0n) is 19.2. The molecule has 0 aliphatic carbocycles. The zero-order chi connectivity index (χ0) is 23.0. The van der Waals surface area contributed by atoms with Crippen LogP contribution in [0.5, 0.6) is 0 Å². The van der Waals surface area contributed by atoms with Crippen LogP contribution in [0.4, 0.5) is 11.5 Å². The summed E-state index contributed by atoms with van der Waals surface area (Å²) < 4.78 is 32.7. The van der Waals surface area contributed by atoms with Crippen molar-refractivity contribution in [1.82, 2.24) is 9.29 Å². The van der Waals surface area contributed by atoms with Gasteiger partial charge in [0.1, 0.15) is 5.82 Å². The highest BCUT2D eigenvalue weighted by Gasteiger charge is 2.26. The molecule has 0 N–H and O–H groups in total. The van der Waals surface area contributed by atoms with E-state index in [1.807, 2.05) is 18.2 Å². The molecule has 3 heterocycles. The Bertz CT molecular complexity index is 1260. The van der Waals surface area contributed by atoms with Crippen LogP contribution in [0.25, 0.3) is 10.9 Å². The predicted molar refractivity (Wildman–Crippen MR) is 132 cm³/mol. The van der Waals surface area contributed by atoms with Gasteiger partial charge in [-0.2, -0.15) is 4.31 Å². The van der Waals surface area contributed by atoms with Gasteiger partial charge >= 0.3 is 0 Å². The number of aryl methyl sites for hydroxylation is 1. The molecule has 8 heteroatoms. The Morgan fingerprint density at radius 3 is 2.33 bits per heavy atom. The second kappa shape index (κ2) is 8.93. The van der Waals surface area contributed by atoms with Crippen LogP contribution in [0.3, 0.4) is 0 Å². The van der Waals surface area contributed by atoms with E-state index in [0.29, 0.717) is 31.2 Å². The van der Waals surface area contributed by atoms with Crippen LogP contribution in [0.15, 0.2) is 53.4 Å². The van der Waals surface area contributed by atoms with Crippen molar-refractivity contribution in [3.05, 3.63) is 59.7 Å². The van der Waals surface area contributed by atoms with Crippen LogP contribution < -0.4 is 9.80 Å². The lowest BCUT2D eigenvalue weighted by Gasteiger charge is -2.37. The minimum absolute atomic E-state index is 0.314. The van der Waals surface area contributed by atoms with Crippen molar-refractivity contribution in [2.24, 2.45) is 0 Å². The number of hydrogen-bond acceptors (Lipinski definition) is 6. The lowest BCUT2D eigenvalue weighted by Crippen LogP contribution is -2.47. The predicted octanol–water partition coefficient (Wildman–Crippen LogP) is 3.20. The van der Waals surface area contributed by atoms with Crippen molar-refractivity contribution in [3.63, 3.8) is 0 Å². The molecule has 2 aromatic carbocycles. The third-order valence-electron chi connectivity index (χ3n) is 6.77. The van der Waals surface area contributed by atoms with E-state index in [2.05, 4.69) is 41.8 Å². The number of anilines is 2. The highest BCUT2D eigenvalue weighted by atomic mass is 32.2. The van der Waals surface area contributed by atoms with Crippen LogP contribution >= 0.6 is 0 Å². The number of ether oxygens (including phenoxy) is 1. The van der Waals surface area contributed by atoms with Gasteiger partial charge in [-0.05, 0) is 61.4 Å². The second-order valence-electron chi connectivity index (χ2n) is 8.73. The maximum Gasteiger partial charge on any atom is 0.243 e. The van der Waals surface area contributed by atoms with Gasteiger partial charge in [-0.3, -0.25) is 0 Å². The SMILES string of the molecule is Cc1cccc(N2CCN(c3ccc4cc(S(=O)(=O)N5CCOCC5)ccc4n3)CC2)c1C. The molecule has 0 amide bonds. The molecule has 0 atom stereocenters. The van der Waals surface area contributed by atoms with Crippen LogP contribution in [0.1, 0.15) is 11.1 Å². The van der Waals surface area contributed by atoms with E-state index in [1.165, 1.54) is 21.1 Å². The van der Waals surface area contributed by atoms with Gasteiger partial charge in [-0.1, -0.05) is 12.1 Å². The van der Waals surface area contributed by atoms with Gasteiger partial charge in [0, 0.05) is 50.3 Å². The summed E-state index contributed by atoms with van der Waals surface area (Å²) in [5, 5.41) is 0.835. The minimum atomic E-state index is -3.51. The van der Waals surface area contributed by atoms with E-state index in [1.54, 1.807) is 12.1 Å². The second-order valence-corrected chi connectivity index (χ2v) is 10.7. The van der Waals surface area contributed by atoms with Gasteiger partial charge in [-0.25, -0.2) is 13.4 Å². The number of sulfonamides is 1. The largest absolute Gasteiger partial charge is 0.379 e. The molecule has 1 aromatic heterocycles. The molecule has 33 heavy (non-hydrogen) atoms.